The van der Waals surface area contributed by atoms with E-state index < -0.39 is 0 Å². The van der Waals surface area contributed by atoms with Gasteiger partial charge in [-0.25, -0.2) is 0 Å². The number of ether oxygens (including phenoxy) is 2. The molecule has 0 heterocycles. The van der Waals surface area contributed by atoms with E-state index in [1.165, 1.54) is 7.11 Å². The molecule has 0 amide bonds. The highest BCUT2D eigenvalue weighted by Gasteiger charge is 2.17. The zero-order valence-electron chi connectivity index (χ0n) is 10.9. The summed E-state index contributed by atoms with van der Waals surface area (Å²) in [6.45, 7) is 3.98. The van der Waals surface area contributed by atoms with Crippen molar-refractivity contribution in [3.63, 3.8) is 0 Å². The second kappa shape index (κ2) is 9.87. The fraction of sp³-hybridized carbons (Fsp3) is 0.692. The third-order valence-electron chi connectivity index (χ3n) is 2.22. The Morgan fingerprint density at radius 1 is 1.18 bits per heavy atom. The van der Waals surface area contributed by atoms with Crippen LogP contribution in [0, 0.1) is 0 Å². The van der Waals surface area contributed by atoms with Gasteiger partial charge in [-0.05, 0) is 12.8 Å². The maximum absolute atomic E-state index is 11.4. The Labute approximate surface area is 103 Å². The number of carbonyl (C=O) groups excluding carboxylic acids is 2. The predicted octanol–water partition coefficient (Wildman–Crippen LogP) is 2.62. The maximum atomic E-state index is 11.4. The summed E-state index contributed by atoms with van der Waals surface area (Å²) < 4.78 is 9.78. The molecule has 0 fully saturated rings. The number of esters is 2. The average Bonchev–Trinajstić information content (AvgIpc) is 2.29. The van der Waals surface area contributed by atoms with E-state index in [0.29, 0.717) is 6.42 Å². The molecule has 0 spiro atoms. The normalized spacial score (nSPS) is 12.4. The number of methoxy groups -OCH3 is 1. The van der Waals surface area contributed by atoms with Crippen molar-refractivity contribution >= 4 is 11.9 Å². The molecule has 0 N–H and O–H groups in total. The highest BCUT2D eigenvalue weighted by atomic mass is 16.6. The summed E-state index contributed by atoms with van der Waals surface area (Å²) in [6, 6.07) is 0. The molecule has 0 aromatic heterocycles. The standard InChI is InChI=1S/C13H22O4/c1-4-6-7-9-12(14)17-11(8-5-2)10-13(15)16-3/h6-7,11H,4-5,8-10H2,1-3H3. The molecule has 0 aliphatic carbocycles. The number of hydrogen-bond donors (Lipinski definition) is 0. The summed E-state index contributed by atoms with van der Waals surface area (Å²) in [6.07, 6.45) is 6.16. The molecule has 0 rings (SSSR count). The Hall–Kier alpha value is -1.32. The van der Waals surface area contributed by atoms with Crippen molar-refractivity contribution < 1.29 is 19.1 Å². The minimum Gasteiger partial charge on any atom is -0.469 e. The Morgan fingerprint density at radius 2 is 1.88 bits per heavy atom. The molecular weight excluding hydrogens is 220 g/mol. The molecule has 1 atom stereocenters. The lowest BCUT2D eigenvalue weighted by atomic mass is 10.1. The van der Waals surface area contributed by atoms with E-state index in [1.807, 2.05) is 19.9 Å². The Bertz CT molecular complexity index is 258. The molecule has 0 bridgehead atoms. The summed E-state index contributed by atoms with van der Waals surface area (Å²) in [5.74, 6) is -0.641. The summed E-state index contributed by atoms with van der Waals surface area (Å²) in [7, 11) is 1.33. The zero-order valence-corrected chi connectivity index (χ0v) is 10.9. The monoisotopic (exact) mass is 242 g/mol. The van der Waals surface area contributed by atoms with E-state index in [9.17, 15) is 9.59 Å². The van der Waals surface area contributed by atoms with Crippen molar-refractivity contribution in [1.82, 2.24) is 0 Å². The quantitative estimate of drug-likeness (QED) is 0.485. The van der Waals surface area contributed by atoms with Crippen LogP contribution in [0.5, 0.6) is 0 Å². The van der Waals surface area contributed by atoms with Gasteiger partial charge in [0.2, 0.25) is 0 Å². The molecule has 98 valence electrons. The number of carbonyl (C=O) groups is 2. The van der Waals surface area contributed by atoms with Crippen LogP contribution in [0.3, 0.4) is 0 Å². The topological polar surface area (TPSA) is 52.6 Å². The van der Waals surface area contributed by atoms with Crippen LogP contribution in [0.2, 0.25) is 0 Å². The highest BCUT2D eigenvalue weighted by molar-refractivity contribution is 5.73. The fourth-order valence-electron chi connectivity index (χ4n) is 1.37. The van der Waals surface area contributed by atoms with Gasteiger partial charge in [0.25, 0.3) is 0 Å². The van der Waals surface area contributed by atoms with Crippen LogP contribution in [-0.4, -0.2) is 25.2 Å². The van der Waals surface area contributed by atoms with Crippen molar-refractivity contribution in [2.24, 2.45) is 0 Å². The van der Waals surface area contributed by atoms with Crippen LogP contribution in [0.15, 0.2) is 12.2 Å². The number of allylic oxidation sites excluding steroid dienone is 1. The summed E-state index contributed by atoms with van der Waals surface area (Å²) in [4.78, 5) is 22.6. The first-order valence-electron chi connectivity index (χ1n) is 6.05. The van der Waals surface area contributed by atoms with Crippen LogP contribution < -0.4 is 0 Å². The molecule has 0 saturated heterocycles. The van der Waals surface area contributed by atoms with Crippen molar-refractivity contribution in [1.29, 1.82) is 0 Å². The van der Waals surface area contributed by atoms with Crippen molar-refractivity contribution in [3.05, 3.63) is 12.2 Å². The Morgan fingerprint density at radius 3 is 2.41 bits per heavy atom. The lowest BCUT2D eigenvalue weighted by Crippen LogP contribution is -2.21. The molecule has 1 unspecified atom stereocenters. The van der Waals surface area contributed by atoms with Crippen LogP contribution in [-0.2, 0) is 19.1 Å². The van der Waals surface area contributed by atoms with Gasteiger partial charge in [0.15, 0.2) is 0 Å². The highest BCUT2D eigenvalue weighted by Crippen LogP contribution is 2.09. The molecule has 0 saturated carbocycles. The maximum Gasteiger partial charge on any atom is 0.309 e. The smallest absolute Gasteiger partial charge is 0.309 e. The molecule has 0 aliphatic rings. The lowest BCUT2D eigenvalue weighted by molar-refractivity contribution is -0.153. The van der Waals surface area contributed by atoms with Crippen molar-refractivity contribution in [2.45, 2.75) is 52.1 Å². The molecular formula is C13H22O4. The van der Waals surface area contributed by atoms with E-state index in [2.05, 4.69) is 4.74 Å². The fourth-order valence-corrected chi connectivity index (χ4v) is 1.37. The SMILES string of the molecule is CCC=CCC(=O)OC(CCC)CC(=O)OC. The third kappa shape index (κ3) is 8.48. The van der Waals surface area contributed by atoms with Crippen LogP contribution in [0.4, 0.5) is 0 Å². The van der Waals surface area contributed by atoms with Gasteiger partial charge >= 0.3 is 11.9 Å². The molecule has 0 radical (unpaired) electrons. The second-order valence-electron chi connectivity index (χ2n) is 3.76. The van der Waals surface area contributed by atoms with Crippen LogP contribution in [0.1, 0.15) is 46.0 Å². The summed E-state index contributed by atoms with van der Waals surface area (Å²) in [5.41, 5.74) is 0. The first-order valence-corrected chi connectivity index (χ1v) is 6.05. The lowest BCUT2D eigenvalue weighted by Gasteiger charge is -2.15. The number of hydrogen-bond acceptors (Lipinski definition) is 4. The summed E-state index contributed by atoms with van der Waals surface area (Å²) >= 11 is 0. The molecule has 0 aromatic carbocycles. The van der Waals surface area contributed by atoms with Crippen molar-refractivity contribution in [3.8, 4) is 0 Å². The Balaban J connectivity index is 4.09. The molecule has 17 heavy (non-hydrogen) atoms. The third-order valence-corrected chi connectivity index (χ3v) is 2.22. The van der Waals surface area contributed by atoms with E-state index in [0.717, 1.165) is 12.8 Å². The second-order valence-corrected chi connectivity index (χ2v) is 3.76. The number of rotatable bonds is 8. The van der Waals surface area contributed by atoms with Crippen LogP contribution in [0.25, 0.3) is 0 Å². The first kappa shape index (κ1) is 15.7. The first-order chi connectivity index (χ1) is 8.13. The Kier molecular flexibility index (Phi) is 9.11. The van der Waals surface area contributed by atoms with E-state index >= 15 is 0 Å². The largest absolute Gasteiger partial charge is 0.469 e. The zero-order chi connectivity index (χ0) is 13.1. The minimum atomic E-state index is -0.366. The van der Waals surface area contributed by atoms with Gasteiger partial charge in [0.1, 0.15) is 6.10 Å². The van der Waals surface area contributed by atoms with Gasteiger partial charge in [0, 0.05) is 0 Å². The van der Waals surface area contributed by atoms with E-state index in [4.69, 9.17) is 4.74 Å². The molecule has 4 heteroatoms. The van der Waals surface area contributed by atoms with Gasteiger partial charge in [-0.1, -0.05) is 32.4 Å². The predicted molar refractivity (Wildman–Crippen MR) is 65.5 cm³/mol. The summed E-state index contributed by atoms with van der Waals surface area (Å²) in [5, 5.41) is 0. The van der Waals surface area contributed by atoms with Gasteiger partial charge in [-0.15, -0.1) is 0 Å². The molecule has 4 nitrogen and oxygen atoms in total. The average molecular weight is 242 g/mol. The molecule has 0 aromatic rings. The van der Waals surface area contributed by atoms with E-state index in [-0.39, 0.29) is 30.9 Å². The van der Waals surface area contributed by atoms with Crippen molar-refractivity contribution in [2.75, 3.05) is 7.11 Å². The van der Waals surface area contributed by atoms with Gasteiger partial charge in [-0.2, -0.15) is 0 Å². The molecule has 0 aliphatic heterocycles. The van der Waals surface area contributed by atoms with Gasteiger partial charge in [0.05, 0.1) is 20.0 Å². The van der Waals surface area contributed by atoms with E-state index in [1.54, 1.807) is 6.08 Å². The van der Waals surface area contributed by atoms with Gasteiger partial charge in [-0.3, -0.25) is 9.59 Å². The van der Waals surface area contributed by atoms with Gasteiger partial charge < -0.3 is 9.47 Å². The van der Waals surface area contributed by atoms with Crippen LogP contribution >= 0.6 is 0 Å². The minimum absolute atomic E-state index is 0.133.